The van der Waals surface area contributed by atoms with Gasteiger partial charge in [-0.25, -0.2) is 0 Å². The molecule has 2 aromatic carbocycles. The van der Waals surface area contributed by atoms with Crippen LogP contribution in [0, 0.1) is 6.92 Å². The summed E-state index contributed by atoms with van der Waals surface area (Å²) < 4.78 is 6.98. The Balaban J connectivity index is 2.31. The minimum atomic E-state index is -0.135. The van der Waals surface area contributed by atoms with Crippen LogP contribution in [0.25, 0.3) is 0 Å². The first kappa shape index (κ1) is 16.2. The van der Waals surface area contributed by atoms with E-state index in [0.29, 0.717) is 12.2 Å². The standard InChI is InChI=1S/C16H15Br2NO2/c1-10-6-7-11(17)8-12(10)16(20)19-15-5-3-4-14(18)13(15)9-21-2/h3-8H,9H2,1-2H3,(H,19,20). The van der Waals surface area contributed by atoms with Gasteiger partial charge in [0.25, 0.3) is 5.91 Å². The number of anilines is 1. The number of amides is 1. The highest BCUT2D eigenvalue weighted by Gasteiger charge is 2.13. The molecule has 0 atom stereocenters. The summed E-state index contributed by atoms with van der Waals surface area (Å²) in [7, 11) is 1.63. The van der Waals surface area contributed by atoms with Crippen molar-refractivity contribution in [2.75, 3.05) is 12.4 Å². The lowest BCUT2D eigenvalue weighted by Crippen LogP contribution is -2.15. The molecule has 0 aliphatic rings. The number of carbonyl (C=O) groups excluding carboxylic acids is 1. The van der Waals surface area contributed by atoms with E-state index in [1.807, 2.05) is 43.3 Å². The van der Waals surface area contributed by atoms with Crippen LogP contribution in [0.1, 0.15) is 21.5 Å². The number of halogens is 2. The molecular weight excluding hydrogens is 398 g/mol. The summed E-state index contributed by atoms with van der Waals surface area (Å²) in [5, 5.41) is 2.95. The second-order valence-electron chi connectivity index (χ2n) is 4.61. The van der Waals surface area contributed by atoms with Crippen LogP contribution in [0.4, 0.5) is 5.69 Å². The first-order chi connectivity index (χ1) is 10.0. The molecule has 0 aromatic heterocycles. The molecule has 0 spiro atoms. The van der Waals surface area contributed by atoms with Crippen molar-refractivity contribution in [3.63, 3.8) is 0 Å². The molecule has 1 N–H and O–H groups in total. The van der Waals surface area contributed by atoms with Crippen LogP contribution in [0.2, 0.25) is 0 Å². The van der Waals surface area contributed by atoms with Gasteiger partial charge in [-0.05, 0) is 36.8 Å². The van der Waals surface area contributed by atoms with Crippen molar-refractivity contribution in [1.82, 2.24) is 0 Å². The number of hydrogen-bond donors (Lipinski definition) is 1. The summed E-state index contributed by atoms with van der Waals surface area (Å²) in [5.41, 5.74) is 3.24. The van der Waals surface area contributed by atoms with Crippen molar-refractivity contribution in [1.29, 1.82) is 0 Å². The Morgan fingerprint density at radius 3 is 2.71 bits per heavy atom. The van der Waals surface area contributed by atoms with E-state index >= 15 is 0 Å². The normalized spacial score (nSPS) is 10.5. The van der Waals surface area contributed by atoms with E-state index in [-0.39, 0.29) is 5.91 Å². The Morgan fingerprint density at radius 2 is 2.00 bits per heavy atom. The molecule has 0 bridgehead atoms. The summed E-state index contributed by atoms with van der Waals surface area (Å²) in [5.74, 6) is -0.135. The van der Waals surface area contributed by atoms with Crippen molar-refractivity contribution in [2.45, 2.75) is 13.5 Å². The van der Waals surface area contributed by atoms with Gasteiger partial charge in [-0.1, -0.05) is 44.0 Å². The molecule has 0 aliphatic carbocycles. The van der Waals surface area contributed by atoms with Gasteiger partial charge in [-0.2, -0.15) is 0 Å². The fourth-order valence-electron chi connectivity index (χ4n) is 2.00. The van der Waals surface area contributed by atoms with Crippen molar-refractivity contribution in [3.8, 4) is 0 Å². The van der Waals surface area contributed by atoms with Gasteiger partial charge in [0.1, 0.15) is 0 Å². The Labute approximate surface area is 141 Å². The van der Waals surface area contributed by atoms with Gasteiger partial charge in [0, 0.05) is 32.9 Å². The molecule has 110 valence electrons. The maximum Gasteiger partial charge on any atom is 0.255 e. The molecule has 21 heavy (non-hydrogen) atoms. The molecule has 0 unspecified atom stereocenters. The Morgan fingerprint density at radius 1 is 1.24 bits per heavy atom. The SMILES string of the molecule is COCc1c(Br)cccc1NC(=O)c1cc(Br)ccc1C. The number of nitrogens with one attached hydrogen (secondary N) is 1. The summed E-state index contributed by atoms with van der Waals surface area (Å²) in [6.07, 6.45) is 0. The second kappa shape index (κ2) is 7.20. The Bertz CT molecular complexity index is 671. The molecule has 0 aliphatic heterocycles. The van der Waals surface area contributed by atoms with E-state index in [0.717, 1.165) is 25.8 Å². The fraction of sp³-hybridized carbons (Fsp3) is 0.188. The van der Waals surface area contributed by atoms with E-state index in [4.69, 9.17) is 4.74 Å². The summed E-state index contributed by atoms with van der Waals surface area (Å²) in [4.78, 5) is 12.5. The molecule has 3 nitrogen and oxygen atoms in total. The number of carbonyl (C=O) groups is 1. The molecule has 0 radical (unpaired) electrons. The van der Waals surface area contributed by atoms with Crippen molar-refractivity contribution >= 4 is 43.5 Å². The maximum atomic E-state index is 12.5. The second-order valence-corrected chi connectivity index (χ2v) is 6.38. The average Bonchev–Trinajstić information content (AvgIpc) is 2.45. The quantitative estimate of drug-likeness (QED) is 0.773. The number of rotatable bonds is 4. The van der Waals surface area contributed by atoms with Crippen LogP contribution in [0.15, 0.2) is 45.3 Å². The molecule has 0 saturated heterocycles. The highest BCUT2D eigenvalue weighted by atomic mass is 79.9. The molecule has 0 saturated carbocycles. The van der Waals surface area contributed by atoms with Crippen LogP contribution in [-0.2, 0) is 11.3 Å². The largest absolute Gasteiger partial charge is 0.380 e. The Kier molecular flexibility index (Phi) is 5.56. The van der Waals surface area contributed by atoms with E-state index in [9.17, 15) is 4.79 Å². The molecule has 5 heteroatoms. The van der Waals surface area contributed by atoms with Crippen LogP contribution in [0.5, 0.6) is 0 Å². The van der Waals surface area contributed by atoms with Gasteiger partial charge in [0.2, 0.25) is 0 Å². The minimum Gasteiger partial charge on any atom is -0.380 e. The van der Waals surface area contributed by atoms with Gasteiger partial charge >= 0.3 is 0 Å². The average molecular weight is 413 g/mol. The highest BCUT2D eigenvalue weighted by Crippen LogP contribution is 2.26. The van der Waals surface area contributed by atoms with Crippen LogP contribution in [0.3, 0.4) is 0 Å². The van der Waals surface area contributed by atoms with Crippen LogP contribution < -0.4 is 5.32 Å². The predicted octanol–water partition coefficient (Wildman–Crippen LogP) is 4.92. The van der Waals surface area contributed by atoms with Gasteiger partial charge < -0.3 is 10.1 Å². The van der Waals surface area contributed by atoms with Gasteiger partial charge in [0.15, 0.2) is 0 Å². The van der Waals surface area contributed by atoms with E-state index in [1.165, 1.54) is 0 Å². The van der Waals surface area contributed by atoms with Crippen LogP contribution >= 0.6 is 31.9 Å². The molecule has 2 rings (SSSR count). The third-order valence-electron chi connectivity index (χ3n) is 3.10. The third-order valence-corrected chi connectivity index (χ3v) is 4.34. The number of hydrogen-bond acceptors (Lipinski definition) is 2. The van der Waals surface area contributed by atoms with Gasteiger partial charge in [-0.15, -0.1) is 0 Å². The molecule has 0 heterocycles. The molecular formula is C16H15Br2NO2. The zero-order chi connectivity index (χ0) is 15.4. The van der Waals surface area contributed by atoms with Crippen molar-refractivity contribution < 1.29 is 9.53 Å². The van der Waals surface area contributed by atoms with E-state index in [1.54, 1.807) is 7.11 Å². The summed E-state index contributed by atoms with van der Waals surface area (Å²) in [6, 6.07) is 11.3. The lowest BCUT2D eigenvalue weighted by atomic mass is 10.1. The van der Waals surface area contributed by atoms with Crippen molar-refractivity contribution in [2.24, 2.45) is 0 Å². The monoisotopic (exact) mass is 411 g/mol. The number of methoxy groups -OCH3 is 1. The lowest BCUT2D eigenvalue weighted by molar-refractivity contribution is 0.102. The summed E-state index contributed by atoms with van der Waals surface area (Å²) in [6.45, 7) is 2.34. The number of aryl methyl sites for hydroxylation is 1. The summed E-state index contributed by atoms with van der Waals surface area (Å²) >= 11 is 6.88. The van der Waals surface area contributed by atoms with Crippen LogP contribution in [-0.4, -0.2) is 13.0 Å². The number of benzene rings is 2. The third kappa shape index (κ3) is 3.93. The maximum absolute atomic E-state index is 12.5. The van der Waals surface area contributed by atoms with Gasteiger partial charge in [-0.3, -0.25) is 4.79 Å². The Hall–Kier alpha value is -1.17. The topological polar surface area (TPSA) is 38.3 Å². The van der Waals surface area contributed by atoms with Gasteiger partial charge in [0.05, 0.1) is 6.61 Å². The molecule has 1 amide bonds. The zero-order valence-corrected chi connectivity index (χ0v) is 14.9. The minimum absolute atomic E-state index is 0.135. The predicted molar refractivity (Wildman–Crippen MR) is 91.7 cm³/mol. The van der Waals surface area contributed by atoms with E-state index in [2.05, 4.69) is 37.2 Å². The van der Waals surface area contributed by atoms with E-state index < -0.39 is 0 Å². The lowest BCUT2D eigenvalue weighted by Gasteiger charge is -2.13. The fourth-order valence-corrected chi connectivity index (χ4v) is 2.84. The molecule has 0 fully saturated rings. The smallest absolute Gasteiger partial charge is 0.255 e. The first-order valence-electron chi connectivity index (χ1n) is 6.36. The first-order valence-corrected chi connectivity index (χ1v) is 7.95. The molecule has 2 aromatic rings. The highest BCUT2D eigenvalue weighted by molar-refractivity contribution is 9.10. The van der Waals surface area contributed by atoms with Crippen molar-refractivity contribution in [3.05, 3.63) is 62.0 Å². The zero-order valence-electron chi connectivity index (χ0n) is 11.7. The number of ether oxygens (including phenoxy) is 1.